The molecule has 0 bridgehead atoms. The van der Waals surface area contributed by atoms with E-state index in [1.165, 1.54) is 54.6 Å². The maximum absolute atomic E-state index is 4.77. The first-order valence-electron chi connectivity index (χ1n) is 13.7. The molecule has 0 spiro atoms. The summed E-state index contributed by atoms with van der Waals surface area (Å²) in [4.78, 5) is 4.77. The smallest absolute Gasteiger partial charge is 0.111 e. The van der Waals surface area contributed by atoms with Gasteiger partial charge in [0.1, 0.15) is 5.82 Å². The lowest BCUT2D eigenvalue weighted by Gasteiger charge is -2.16. The quantitative estimate of drug-likeness (QED) is 0.216. The summed E-state index contributed by atoms with van der Waals surface area (Å²) < 4.78 is 2.23. The van der Waals surface area contributed by atoms with Gasteiger partial charge in [0.2, 0.25) is 0 Å². The molecular formula is C38H26N2. The van der Waals surface area contributed by atoms with Crippen molar-refractivity contribution >= 4 is 43.4 Å². The van der Waals surface area contributed by atoms with Gasteiger partial charge in [0, 0.05) is 5.69 Å². The van der Waals surface area contributed by atoms with Crippen molar-refractivity contribution in [2.45, 2.75) is 6.92 Å². The Morgan fingerprint density at radius 1 is 0.450 bits per heavy atom. The molecule has 0 saturated carbocycles. The van der Waals surface area contributed by atoms with Gasteiger partial charge in [-0.25, -0.2) is 4.98 Å². The molecule has 0 aliphatic rings. The molecule has 0 unspecified atom stereocenters. The molecule has 2 nitrogen and oxygen atoms in total. The molecule has 40 heavy (non-hydrogen) atoms. The van der Waals surface area contributed by atoms with Gasteiger partial charge in [0.05, 0.1) is 11.0 Å². The lowest BCUT2D eigenvalue weighted by molar-refractivity contribution is 1.00. The number of rotatable bonds is 3. The van der Waals surface area contributed by atoms with Crippen LogP contribution in [0.3, 0.4) is 0 Å². The number of imidazole rings is 1. The number of nitrogens with zero attached hydrogens (tertiary/aromatic N) is 2. The van der Waals surface area contributed by atoms with Crippen LogP contribution < -0.4 is 0 Å². The van der Waals surface area contributed by atoms with Crippen LogP contribution in [0.25, 0.3) is 71.3 Å². The van der Waals surface area contributed by atoms with Crippen molar-refractivity contribution in [2.75, 3.05) is 0 Å². The van der Waals surface area contributed by atoms with Gasteiger partial charge in [0.15, 0.2) is 0 Å². The molecule has 0 amide bonds. The minimum atomic E-state index is 0.991. The molecule has 0 aliphatic carbocycles. The second kappa shape index (κ2) is 8.93. The van der Waals surface area contributed by atoms with Gasteiger partial charge in [0.25, 0.3) is 0 Å². The monoisotopic (exact) mass is 510 g/mol. The van der Waals surface area contributed by atoms with Gasteiger partial charge < -0.3 is 0 Å². The van der Waals surface area contributed by atoms with E-state index in [1.807, 2.05) is 6.07 Å². The first-order valence-corrected chi connectivity index (χ1v) is 13.7. The summed E-state index contributed by atoms with van der Waals surface area (Å²) in [5.41, 5.74) is 8.24. The molecule has 8 aromatic rings. The van der Waals surface area contributed by atoms with Crippen molar-refractivity contribution < 1.29 is 0 Å². The average Bonchev–Trinajstić information content (AvgIpc) is 3.36. The third-order valence-electron chi connectivity index (χ3n) is 8.13. The van der Waals surface area contributed by atoms with Crippen LogP contribution in [0, 0.1) is 6.92 Å². The summed E-state index contributed by atoms with van der Waals surface area (Å²) in [5.74, 6) is 0.991. The van der Waals surface area contributed by atoms with Crippen LogP contribution in [0.2, 0.25) is 0 Å². The highest BCUT2D eigenvalue weighted by Gasteiger charge is 2.15. The fraction of sp³-hybridized carbons (Fsp3) is 0.0263. The minimum Gasteiger partial charge on any atom is -0.297 e. The van der Waals surface area contributed by atoms with Crippen LogP contribution in [-0.4, -0.2) is 9.55 Å². The standard InChI is InChI=1S/C38H26N2/c1-25-39-37-17-9-10-18-38(37)40(25)28-21-19-27(20-22-28)34-24-36-31-15-7-5-13-29(31)33(26-11-3-2-4-12-26)23-35(36)32-16-8-6-14-30(32)34/h2-24H,1H3. The van der Waals surface area contributed by atoms with E-state index in [-0.39, 0.29) is 0 Å². The molecule has 0 aliphatic heterocycles. The molecule has 0 radical (unpaired) electrons. The Morgan fingerprint density at radius 3 is 1.57 bits per heavy atom. The van der Waals surface area contributed by atoms with Crippen LogP contribution in [0.15, 0.2) is 140 Å². The maximum atomic E-state index is 4.77. The second-order valence-corrected chi connectivity index (χ2v) is 10.4. The average molecular weight is 511 g/mol. The third kappa shape index (κ3) is 3.47. The lowest BCUT2D eigenvalue weighted by Crippen LogP contribution is -1.96. The SMILES string of the molecule is Cc1nc2ccccc2n1-c1ccc(-c2cc3c4ccccc4c(-c4ccccc4)cc3c3ccccc23)cc1. The minimum absolute atomic E-state index is 0.991. The van der Waals surface area contributed by atoms with E-state index in [9.17, 15) is 0 Å². The highest BCUT2D eigenvalue weighted by atomic mass is 15.1. The number of benzene rings is 7. The molecule has 0 saturated heterocycles. The van der Waals surface area contributed by atoms with Crippen LogP contribution in [0.4, 0.5) is 0 Å². The van der Waals surface area contributed by atoms with E-state index in [4.69, 9.17) is 4.98 Å². The molecule has 0 atom stereocenters. The van der Waals surface area contributed by atoms with Crippen LogP contribution >= 0.6 is 0 Å². The van der Waals surface area contributed by atoms with Crippen molar-refractivity contribution in [1.29, 1.82) is 0 Å². The van der Waals surface area contributed by atoms with Crippen molar-refractivity contribution in [3.63, 3.8) is 0 Å². The number of aryl methyl sites for hydroxylation is 1. The Balaban J connectivity index is 1.37. The topological polar surface area (TPSA) is 17.8 Å². The normalized spacial score (nSPS) is 11.6. The maximum Gasteiger partial charge on any atom is 0.111 e. The number of fused-ring (bicyclic) bond motifs is 6. The predicted molar refractivity (Wildman–Crippen MR) is 169 cm³/mol. The number of hydrogen-bond acceptors (Lipinski definition) is 1. The summed E-state index contributed by atoms with van der Waals surface area (Å²) >= 11 is 0. The highest BCUT2D eigenvalue weighted by Crippen LogP contribution is 2.41. The molecule has 188 valence electrons. The van der Waals surface area contributed by atoms with Crippen molar-refractivity contribution in [2.24, 2.45) is 0 Å². The van der Waals surface area contributed by atoms with E-state index in [0.29, 0.717) is 0 Å². The first-order chi connectivity index (χ1) is 19.8. The lowest BCUT2D eigenvalue weighted by atomic mass is 9.88. The number of hydrogen-bond donors (Lipinski definition) is 0. The Kier molecular flexibility index (Phi) is 5.08. The zero-order chi connectivity index (χ0) is 26.6. The van der Waals surface area contributed by atoms with E-state index >= 15 is 0 Å². The molecule has 0 N–H and O–H groups in total. The predicted octanol–water partition coefficient (Wildman–Crippen LogP) is 10.1. The second-order valence-electron chi connectivity index (χ2n) is 10.4. The summed E-state index contributed by atoms with van der Waals surface area (Å²) in [6.45, 7) is 2.07. The van der Waals surface area contributed by atoms with Crippen molar-refractivity contribution in [3.8, 4) is 27.9 Å². The van der Waals surface area contributed by atoms with Gasteiger partial charge in [-0.15, -0.1) is 0 Å². The summed E-state index contributed by atoms with van der Waals surface area (Å²) in [6.07, 6.45) is 0. The molecule has 2 heteroatoms. The van der Waals surface area contributed by atoms with Crippen LogP contribution in [-0.2, 0) is 0 Å². The van der Waals surface area contributed by atoms with Crippen molar-refractivity contribution in [1.82, 2.24) is 9.55 Å². The van der Waals surface area contributed by atoms with Gasteiger partial charge in [-0.2, -0.15) is 0 Å². The summed E-state index contributed by atoms with van der Waals surface area (Å²) in [7, 11) is 0. The molecule has 7 aromatic carbocycles. The van der Waals surface area contributed by atoms with E-state index in [2.05, 4.69) is 145 Å². The van der Waals surface area contributed by atoms with Gasteiger partial charge in [-0.3, -0.25) is 4.57 Å². The van der Waals surface area contributed by atoms with E-state index < -0.39 is 0 Å². The van der Waals surface area contributed by atoms with Gasteiger partial charge >= 0.3 is 0 Å². The van der Waals surface area contributed by atoms with Crippen LogP contribution in [0.1, 0.15) is 5.82 Å². The Morgan fingerprint density at radius 2 is 0.950 bits per heavy atom. The van der Waals surface area contributed by atoms with Gasteiger partial charge in [-0.1, -0.05) is 103 Å². The zero-order valence-corrected chi connectivity index (χ0v) is 22.2. The number of para-hydroxylation sites is 2. The van der Waals surface area contributed by atoms with Crippen molar-refractivity contribution in [3.05, 3.63) is 145 Å². The van der Waals surface area contributed by atoms with E-state index in [0.717, 1.165) is 22.5 Å². The molecular weight excluding hydrogens is 484 g/mol. The Labute approximate surface area is 232 Å². The van der Waals surface area contributed by atoms with Gasteiger partial charge in [-0.05, 0) is 97.9 Å². The fourth-order valence-corrected chi connectivity index (χ4v) is 6.31. The molecule has 0 fully saturated rings. The summed E-state index contributed by atoms with van der Waals surface area (Å²) in [5, 5.41) is 7.67. The molecule has 1 aromatic heterocycles. The largest absolute Gasteiger partial charge is 0.297 e. The Bertz CT molecular complexity index is 2200. The fourth-order valence-electron chi connectivity index (χ4n) is 6.31. The first kappa shape index (κ1) is 22.7. The Hall–Kier alpha value is -5.21. The summed E-state index contributed by atoms with van der Waals surface area (Å²) in [6, 6.07) is 50.4. The number of aromatic nitrogens is 2. The molecule has 1 heterocycles. The zero-order valence-electron chi connectivity index (χ0n) is 22.2. The third-order valence-corrected chi connectivity index (χ3v) is 8.13. The van der Waals surface area contributed by atoms with Crippen LogP contribution in [0.5, 0.6) is 0 Å². The van der Waals surface area contributed by atoms with E-state index in [1.54, 1.807) is 0 Å². The molecule has 8 rings (SSSR count). The highest BCUT2D eigenvalue weighted by molar-refractivity contribution is 6.23.